The Morgan fingerprint density at radius 3 is 3.12 bits per heavy atom. The van der Waals surface area contributed by atoms with Crippen LogP contribution in [0.25, 0.3) is 10.9 Å². The average Bonchev–Trinajstić information content (AvgIpc) is 3.32. The van der Waals surface area contributed by atoms with E-state index < -0.39 is 0 Å². The first-order valence-electron chi connectivity index (χ1n) is 8.93. The van der Waals surface area contributed by atoms with Gasteiger partial charge in [0.25, 0.3) is 0 Å². The number of nitrogens with one attached hydrogen (secondary N) is 2. The molecule has 3 heterocycles. The summed E-state index contributed by atoms with van der Waals surface area (Å²) >= 11 is 0. The Morgan fingerprint density at radius 1 is 1.42 bits per heavy atom. The van der Waals surface area contributed by atoms with Crippen LogP contribution in [0, 0.1) is 0 Å². The number of hydrogen-bond acceptors (Lipinski definition) is 5. The molecule has 136 valence electrons. The molecule has 3 aromatic rings. The molecule has 2 N–H and O–H groups in total. The fourth-order valence-corrected chi connectivity index (χ4v) is 3.28. The molecule has 1 saturated heterocycles. The molecule has 1 aliphatic rings. The van der Waals surface area contributed by atoms with E-state index in [4.69, 9.17) is 4.52 Å². The Morgan fingerprint density at radius 2 is 2.31 bits per heavy atom. The van der Waals surface area contributed by atoms with Crippen molar-refractivity contribution < 1.29 is 9.32 Å². The minimum Gasteiger partial charge on any atom is -0.339 e. The van der Waals surface area contributed by atoms with Gasteiger partial charge in [0, 0.05) is 24.4 Å². The number of aromatic amines is 1. The lowest BCUT2D eigenvalue weighted by molar-refractivity contribution is 0.184. The third-order valence-electron chi connectivity index (χ3n) is 4.75. The molecule has 2 aromatic heterocycles. The van der Waals surface area contributed by atoms with Crippen molar-refractivity contribution in [2.75, 3.05) is 18.4 Å². The molecule has 0 aliphatic carbocycles. The zero-order chi connectivity index (χ0) is 18.1. The van der Waals surface area contributed by atoms with Gasteiger partial charge in [-0.05, 0) is 18.9 Å². The normalized spacial score (nSPS) is 17.8. The van der Waals surface area contributed by atoms with E-state index in [1.807, 2.05) is 36.9 Å². The SMILES string of the molecule is CC(C)c1noc([C@@H]2CCCN(C(=O)Nc3cccc4cn[nH]c34)C2)n1. The molecule has 0 radical (unpaired) electrons. The molecular formula is C18H22N6O2. The fourth-order valence-electron chi connectivity index (χ4n) is 3.28. The lowest BCUT2D eigenvalue weighted by atomic mass is 9.98. The van der Waals surface area contributed by atoms with Gasteiger partial charge in [-0.1, -0.05) is 31.1 Å². The number of anilines is 1. The molecule has 2 amide bonds. The van der Waals surface area contributed by atoms with E-state index in [9.17, 15) is 4.79 Å². The van der Waals surface area contributed by atoms with Crippen molar-refractivity contribution in [3.8, 4) is 0 Å². The van der Waals surface area contributed by atoms with Gasteiger partial charge in [-0.3, -0.25) is 5.10 Å². The van der Waals surface area contributed by atoms with Crippen molar-refractivity contribution >= 4 is 22.6 Å². The van der Waals surface area contributed by atoms with Gasteiger partial charge in [-0.15, -0.1) is 0 Å². The van der Waals surface area contributed by atoms with Crippen LogP contribution in [-0.4, -0.2) is 44.4 Å². The predicted molar refractivity (Wildman–Crippen MR) is 97.0 cm³/mol. The first kappa shape index (κ1) is 16.6. The van der Waals surface area contributed by atoms with Crippen molar-refractivity contribution in [2.24, 2.45) is 0 Å². The first-order chi connectivity index (χ1) is 12.6. The lowest BCUT2D eigenvalue weighted by Gasteiger charge is -2.31. The Hall–Kier alpha value is -2.90. The predicted octanol–water partition coefficient (Wildman–Crippen LogP) is 3.48. The van der Waals surface area contributed by atoms with Crippen LogP contribution in [0.5, 0.6) is 0 Å². The Labute approximate surface area is 151 Å². The maximum Gasteiger partial charge on any atom is 0.321 e. The third-order valence-corrected chi connectivity index (χ3v) is 4.75. The number of hydrogen-bond donors (Lipinski definition) is 2. The lowest BCUT2D eigenvalue weighted by Crippen LogP contribution is -2.41. The van der Waals surface area contributed by atoms with Gasteiger partial charge < -0.3 is 14.7 Å². The standard InChI is InChI=1S/C18H22N6O2/c1-11(2)16-21-17(26-23-16)13-6-4-8-24(10-13)18(25)20-14-7-3-5-12-9-19-22-15(12)14/h3,5,7,9,11,13H,4,6,8,10H2,1-2H3,(H,19,22)(H,20,25)/t13-/m1/s1. The molecule has 0 spiro atoms. The van der Waals surface area contributed by atoms with E-state index in [1.54, 1.807) is 6.20 Å². The van der Waals surface area contributed by atoms with Crippen molar-refractivity contribution in [1.29, 1.82) is 0 Å². The Balaban J connectivity index is 1.47. The van der Waals surface area contributed by atoms with Gasteiger partial charge in [0.2, 0.25) is 5.89 Å². The van der Waals surface area contributed by atoms with Crippen LogP contribution in [0.2, 0.25) is 0 Å². The minimum absolute atomic E-state index is 0.0810. The van der Waals surface area contributed by atoms with Gasteiger partial charge in [0.1, 0.15) is 0 Å². The van der Waals surface area contributed by atoms with E-state index >= 15 is 0 Å². The van der Waals surface area contributed by atoms with E-state index in [-0.39, 0.29) is 17.9 Å². The zero-order valence-corrected chi connectivity index (χ0v) is 14.9. The third kappa shape index (κ3) is 3.14. The quantitative estimate of drug-likeness (QED) is 0.750. The monoisotopic (exact) mass is 354 g/mol. The molecule has 0 bridgehead atoms. The summed E-state index contributed by atoms with van der Waals surface area (Å²) in [6, 6.07) is 5.60. The molecule has 8 heteroatoms. The van der Waals surface area contributed by atoms with Crippen LogP contribution < -0.4 is 5.32 Å². The van der Waals surface area contributed by atoms with Gasteiger partial charge in [-0.25, -0.2) is 4.79 Å². The number of amides is 2. The number of carbonyl (C=O) groups excluding carboxylic acids is 1. The summed E-state index contributed by atoms with van der Waals surface area (Å²) in [6.45, 7) is 5.35. The molecule has 1 aromatic carbocycles. The van der Waals surface area contributed by atoms with Crippen molar-refractivity contribution in [1.82, 2.24) is 25.2 Å². The fraction of sp³-hybridized carbons (Fsp3) is 0.444. The van der Waals surface area contributed by atoms with Crippen LogP contribution in [0.15, 0.2) is 28.9 Å². The molecule has 0 saturated carbocycles. The van der Waals surface area contributed by atoms with Crippen LogP contribution in [0.1, 0.15) is 50.2 Å². The summed E-state index contributed by atoms with van der Waals surface area (Å²) in [5.41, 5.74) is 1.56. The summed E-state index contributed by atoms with van der Waals surface area (Å²) < 4.78 is 5.43. The molecule has 1 fully saturated rings. The van der Waals surface area contributed by atoms with Gasteiger partial charge in [0.15, 0.2) is 5.82 Å². The maximum atomic E-state index is 12.7. The molecule has 0 unspecified atom stereocenters. The molecule has 1 aliphatic heterocycles. The molecule has 8 nitrogen and oxygen atoms in total. The van der Waals surface area contributed by atoms with Crippen LogP contribution >= 0.6 is 0 Å². The summed E-state index contributed by atoms with van der Waals surface area (Å²) in [7, 11) is 0. The Kier molecular flexibility index (Phi) is 4.32. The number of H-pyrrole nitrogens is 1. The number of carbonyl (C=O) groups is 1. The van der Waals surface area contributed by atoms with Gasteiger partial charge >= 0.3 is 6.03 Å². The van der Waals surface area contributed by atoms with E-state index in [0.29, 0.717) is 24.8 Å². The molecule has 4 rings (SSSR count). The molecule has 1 atom stereocenters. The number of aromatic nitrogens is 4. The number of benzene rings is 1. The van der Waals surface area contributed by atoms with Crippen LogP contribution in [0.4, 0.5) is 10.5 Å². The molecule has 26 heavy (non-hydrogen) atoms. The largest absolute Gasteiger partial charge is 0.339 e. The second kappa shape index (κ2) is 6.78. The van der Waals surface area contributed by atoms with Crippen molar-refractivity contribution in [3.63, 3.8) is 0 Å². The van der Waals surface area contributed by atoms with Gasteiger partial charge in [-0.2, -0.15) is 10.1 Å². The number of rotatable bonds is 3. The molecular weight excluding hydrogens is 332 g/mol. The highest BCUT2D eigenvalue weighted by atomic mass is 16.5. The van der Waals surface area contributed by atoms with E-state index in [2.05, 4.69) is 25.7 Å². The highest BCUT2D eigenvalue weighted by Gasteiger charge is 2.29. The first-order valence-corrected chi connectivity index (χ1v) is 8.93. The van der Waals surface area contributed by atoms with Crippen LogP contribution in [-0.2, 0) is 0 Å². The Bertz CT molecular complexity index is 915. The number of likely N-dealkylation sites (tertiary alicyclic amines) is 1. The highest BCUT2D eigenvalue weighted by molar-refractivity contribution is 5.99. The van der Waals surface area contributed by atoms with Crippen molar-refractivity contribution in [3.05, 3.63) is 36.1 Å². The zero-order valence-electron chi connectivity index (χ0n) is 14.9. The number of nitrogens with zero attached hydrogens (tertiary/aromatic N) is 4. The average molecular weight is 354 g/mol. The summed E-state index contributed by atoms with van der Waals surface area (Å²) in [4.78, 5) is 19.0. The highest BCUT2D eigenvalue weighted by Crippen LogP contribution is 2.28. The van der Waals surface area contributed by atoms with E-state index in [0.717, 1.165) is 29.4 Å². The van der Waals surface area contributed by atoms with Crippen molar-refractivity contribution in [2.45, 2.75) is 38.5 Å². The second-order valence-corrected chi connectivity index (χ2v) is 7.00. The topological polar surface area (TPSA) is 99.9 Å². The number of piperidine rings is 1. The summed E-state index contributed by atoms with van der Waals surface area (Å²) in [5, 5.41) is 15.0. The second-order valence-electron chi connectivity index (χ2n) is 7.00. The summed E-state index contributed by atoms with van der Waals surface area (Å²) in [6.07, 6.45) is 3.59. The number of urea groups is 1. The van der Waals surface area contributed by atoms with Crippen LogP contribution in [0.3, 0.4) is 0 Å². The number of fused-ring (bicyclic) bond motifs is 1. The smallest absolute Gasteiger partial charge is 0.321 e. The minimum atomic E-state index is -0.125. The van der Waals surface area contributed by atoms with Gasteiger partial charge in [0.05, 0.1) is 23.3 Å². The number of para-hydroxylation sites is 1. The maximum absolute atomic E-state index is 12.7. The van der Waals surface area contributed by atoms with E-state index in [1.165, 1.54) is 0 Å². The summed E-state index contributed by atoms with van der Waals surface area (Å²) in [5.74, 6) is 1.65.